The molecule has 2 aliphatic carbocycles. The third-order valence-corrected chi connectivity index (χ3v) is 8.79. The van der Waals surface area contributed by atoms with Gasteiger partial charge >= 0.3 is 5.97 Å². The van der Waals surface area contributed by atoms with Crippen molar-refractivity contribution in [3.8, 4) is 0 Å². The summed E-state index contributed by atoms with van der Waals surface area (Å²) in [4.78, 5) is 13.5. The highest BCUT2D eigenvalue weighted by Crippen LogP contribution is 2.64. The predicted molar refractivity (Wildman–Crippen MR) is 147 cm³/mol. The van der Waals surface area contributed by atoms with E-state index in [0.29, 0.717) is 0 Å². The molecule has 0 aliphatic heterocycles. The standard InChI is InChI=1S/C34H40O2/c1-30(2,3)29(35)36-34-23-31(4,26-15-9-6-10-16-26)21-33(25-34,28-19-13-8-14-20-28)22-32(5,24-34)27-17-11-7-12-18-27/h6-20H,21-25H2,1-5H3. The number of rotatable bonds is 4. The maximum Gasteiger partial charge on any atom is 0.311 e. The van der Waals surface area contributed by atoms with Crippen LogP contribution in [0.15, 0.2) is 91.0 Å². The number of ether oxygens (including phenoxy) is 1. The summed E-state index contributed by atoms with van der Waals surface area (Å²) in [5, 5.41) is 0. The van der Waals surface area contributed by atoms with Crippen LogP contribution in [-0.2, 0) is 25.8 Å². The lowest BCUT2D eigenvalue weighted by molar-refractivity contribution is -0.190. The zero-order chi connectivity index (χ0) is 25.7. The molecule has 2 bridgehead atoms. The maximum atomic E-state index is 13.5. The average molecular weight is 481 g/mol. The van der Waals surface area contributed by atoms with Crippen LogP contribution in [0.25, 0.3) is 0 Å². The first-order valence-electron chi connectivity index (χ1n) is 13.4. The molecule has 3 aromatic rings. The van der Waals surface area contributed by atoms with Gasteiger partial charge in [-0.1, -0.05) is 105 Å². The lowest BCUT2D eigenvalue weighted by Gasteiger charge is -2.63. The van der Waals surface area contributed by atoms with Gasteiger partial charge in [0, 0.05) is 5.41 Å². The fraction of sp³-hybridized carbons (Fsp3) is 0.441. The quantitative estimate of drug-likeness (QED) is 0.352. The van der Waals surface area contributed by atoms with Crippen LogP contribution < -0.4 is 0 Å². The Labute approximate surface area is 217 Å². The molecule has 2 atom stereocenters. The van der Waals surface area contributed by atoms with E-state index in [2.05, 4.69) is 105 Å². The van der Waals surface area contributed by atoms with Gasteiger partial charge in [-0.3, -0.25) is 4.79 Å². The molecule has 0 heterocycles. The fourth-order valence-corrected chi connectivity index (χ4v) is 7.68. The zero-order valence-corrected chi connectivity index (χ0v) is 22.5. The van der Waals surface area contributed by atoms with Crippen molar-refractivity contribution in [2.45, 2.75) is 88.6 Å². The lowest BCUT2D eigenvalue weighted by atomic mass is 9.44. The van der Waals surface area contributed by atoms with Gasteiger partial charge in [-0.25, -0.2) is 0 Å². The Morgan fingerprint density at radius 1 is 0.611 bits per heavy atom. The van der Waals surface area contributed by atoms with Gasteiger partial charge in [-0.05, 0) is 80.4 Å². The van der Waals surface area contributed by atoms with Crippen LogP contribution in [0.5, 0.6) is 0 Å². The minimum Gasteiger partial charge on any atom is -0.459 e. The van der Waals surface area contributed by atoms with Crippen LogP contribution in [0.2, 0.25) is 0 Å². The first-order chi connectivity index (χ1) is 17.0. The molecule has 36 heavy (non-hydrogen) atoms. The second-order valence-electron chi connectivity index (χ2n) is 13.2. The maximum absolute atomic E-state index is 13.5. The number of fused-ring (bicyclic) bond motifs is 2. The van der Waals surface area contributed by atoms with E-state index in [-0.39, 0.29) is 22.2 Å². The molecule has 0 N–H and O–H groups in total. The summed E-state index contributed by atoms with van der Waals surface area (Å²) in [5.41, 5.74) is 2.62. The molecule has 5 rings (SSSR count). The normalized spacial score (nSPS) is 32.0. The molecule has 2 heteroatoms. The van der Waals surface area contributed by atoms with Gasteiger partial charge in [-0.15, -0.1) is 0 Å². The number of benzene rings is 3. The SMILES string of the molecule is CC(C)(C)C(=O)OC12CC(C)(c3ccccc3)CC(c3ccccc3)(C1)CC(C)(c1ccccc1)C2. The highest BCUT2D eigenvalue weighted by Gasteiger charge is 2.63. The number of carbonyl (C=O) groups is 1. The Hall–Kier alpha value is -2.87. The molecule has 188 valence electrons. The summed E-state index contributed by atoms with van der Waals surface area (Å²) in [6.07, 6.45) is 4.61. The summed E-state index contributed by atoms with van der Waals surface area (Å²) in [7, 11) is 0. The monoisotopic (exact) mass is 480 g/mol. The average Bonchev–Trinajstić information content (AvgIpc) is 2.84. The van der Waals surface area contributed by atoms with E-state index in [1.165, 1.54) is 16.7 Å². The van der Waals surface area contributed by atoms with E-state index < -0.39 is 11.0 Å². The molecule has 0 saturated heterocycles. The minimum atomic E-state index is -0.550. The van der Waals surface area contributed by atoms with Gasteiger partial charge < -0.3 is 4.74 Å². The highest BCUT2D eigenvalue weighted by atomic mass is 16.6. The first kappa shape index (κ1) is 24.8. The number of esters is 1. The van der Waals surface area contributed by atoms with E-state index in [0.717, 1.165) is 32.1 Å². The first-order valence-corrected chi connectivity index (χ1v) is 13.4. The lowest BCUT2D eigenvalue weighted by Crippen LogP contribution is -2.62. The van der Waals surface area contributed by atoms with Gasteiger partial charge in [-0.2, -0.15) is 0 Å². The molecule has 0 radical (unpaired) electrons. The van der Waals surface area contributed by atoms with Crippen molar-refractivity contribution in [2.24, 2.45) is 5.41 Å². The van der Waals surface area contributed by atoms with Crippen molar-refractivity contribution in [1.29, 1.82) is 0 Å². The van der Waals surface area contributed by atoms with Crippen molar-refractivity contribution in [3.05, 3.63) is 108 Å². The van der Waals surface area contributed by atoms with E-state index in [1.54, 1.807) is 0 Å². The summed E-state index contributed by atoms with van der Waals surface area (Å²) < 4.78 is 6.76. The summed E-state index contributed by atoms with van der Waals surface area (Å²) in [5.74, 6) is -0.0981. The molecule has 0 aromatic heterocycles. The largest absolute Gasteiger partial charge is 0.459 e. The predicted octanol–water partition coefficient (Wildman–Crippen LogP) is 8.15. The van der Waals surface area contributed by atoms with Crippen molar-refractivity contribution in [2.75, 3.05) is 0 Å². The highest BCUT2D eigenvalue weighted by molar-refractivity contribution is 5.76. The van der Waals surface area contributed by atoms with Crippen molar-refractivity contribution in [1.82, 2.24) is 0 Å². The van der Waals surface area contributed by atoms with Crippen LogP contribution >= 0.6 is 0 Å². The molecule has 0 amide bonds. The Morgan fingerprint density at radius 2 is 1.00 bits per heavy atom. The smallest absolute Gasteiger partial charge is 0.311 e. The van der Waals surface area contributed by atoms with Crippen LogP contribution in [0.4, 0.5) is 0 Å². The summed E-state index contributed by atoms with van der Waals surface area (Å²) in [6.45, 7) is 10.7. The van der Waals surface area contributed by atoms with Crippen molar-refractivity contribution >= 4 is 5.97 Å². The second kappa shape index (κ2) is 8.61. The Morgan fingerprint density at radius 3 is 1.39 bits per heavy atom. The van der Waals surface area contributed by atoms with Gasteiger partial charge in [0.05, 0.1) is 5.41 Å². The molecule has 2 nitrogen and oxygen atoms in total. The van der Waals surface area contributed by atoms with Gasteiger partial charge in [0.25, 0.3) is 0 Å². The Bertz CT molecular complexity index is 1150. The Kier molecular flexibility index (Phi) is 5.93. The number of hydrogen-bond donors (Lipinski definition) is 0. The summed E-state index contributed by atoms with van der Waals surface area (Å²) >= 11 is 0. The Balaban J connectivity index is 1.72. The third kappa shape index (κ3) is 4.40. The molecule has 3 aromatic carbocycles. The van der Waals surface area contributed by atoms with Crippen LogP contribution in [0.3, 0.4) is 0 Å². The molecular weight excluding hydrogens is 440 g/mol. The fourth-order valence-electron chi connectivity index (χ4n) is 7.68. The van der Waals surface area contributed by atoms with E-state index >= 15 is 0 Å². The topological polar surface area (TPSA) is 26.3 Å². The van der Waals surface area contributed by atoms with Crippen LogP contribution in [0.1, 0.15) is 83.4 Å². The number of hydrogen-bond acceptors (Lipinski definition) is 2. The molecule has 2 fully saturated rings. The third-order valence-electron chi connectivity index (χ3n) is 8.79. The minimum absolute atomic E-state index is 0.0981. The molecular formula is C34H40O2. The van der Waals surface area contributed by atoms with Gasteiger partial charge in [0.15, 0.2) is 0 Å². The van der Waals surface area contributed by atoms with Crippen LogP contribution in [-0.4, -0.2) is 11.6 Å². The van der Waals surface area contributed by atoms with Gasteiger partial charge in [0.2, 0.25) is 0 Å². The van der Waals surface area contributed by atoms with E-state index in [9.17, 15) is 4.79 Å². The van der Waals surface area contributed by atoms with Crippen molar-refractivity contribution in [3.63, 3.8) is 0 Å². The van der Waals surface area contributed by atoms with Crippen LogP contribution in [0, 0.1) is 5.41 Å². The molecule has 0 spiro atoms. The summed E-state index contributed by atoms with van der Waals surface area (Å²) in [6, 6.07) is 32.8. The number of carbonyl (C=O) groups excluding carboxylic acids is 1. The van der Waals surface area contributed by atoms with E-state index in [1.807, 2.05) is 20.8 Å². The van der Waals surface area contributed by atoms with E-state index in [4.69, 9.17) is 4.74 Å². The second-order valence-corrected chi connectivity index (χ2v) is 13.2. The molecule has 2 saturated carbocycles. The zero-order valence-electron chi connectivity index (χ0n) is 22.5. The molecule has 2 unspecified atom stereocenters. The van der Waals surface area contributed by atoms with Gasteiger partial charge in [0.1, 0.15) is 5.60 Å². The molecule has 2 aliphatic rings. The van der Waals surface area contributed by atoms with Crippen molar-refractivity contribution < 1.29 is 9.53 Å².